The smallest absolute Gasteiger partial charge is 0.241 e. The third-order valence-electron chi connectivity index (χ3n) is 3.97. The summed E-state index contributed by atoms with van der Waals surface area (Å²) in [6.45, 7) is 1.63. The first-order valence-corrected chi connectivity index (χ1v) is 9.70. The lowest BCUT2D eigenvalue weighted by molar-refractivity contribution is -0.115. The van der Waals surface area contributed by atoms with Gasteiger partial charge in [-0.25, -0.2) is 13.1 Å². The van der Waals surface area contributed by atoms with Gasteiger partial charge in [0.05, 0.1) is 22.6 Å². The fourth-order valence-electron chi connectivity index (χ4n) is 2.55. The van der Waals surface area contributed by atoms with Gasteiger partial charge in [0.2, 0.25) is 15.9 Å². The number of nitrogens with one attached hydrogen (secondary N) is 2. The van der Waals surface area contributed by atoms with E-state index in [1.807, 2.05) is 25.1 Å². The monoisotopic (exact) mass is 369 g/mol. The Balaban J connectivity index is 1.68. The molecule has 2 aromatic carbocycles. The van der Waals surface area contributed by atoms with Gasteiger partial charge in [-0.05, 0) is 36.2 Å². The number of aryl methyl sites for hydroxylation is 1. The molecule has 0 aliphatic carbocycles. The highest BCUT2D eigenvalue weighted by Crippen LogP contribution is 2.20. The van der Waals surface area contributed by atoms with E-state index in [-0.39, 0.29) is 11.4 Å². The number of anilines is 1. The summed E-state index contributed by atoms with van der Waals surface area (Å²) in [4.78, 5) is 16.6. The highest BCUT2D eigenvalue weighted by Gasteiger charge is 2.16. The Morgan fingerprint density at radius 1 is 1.04 bits per heavy atom. The Bertz CT molecular complexity index is 1030. The van der Waals surface area contributed by atoms with Crippen molar-refractivity contribution in [2.75, 3.05) is 11.9 Å². The lowest BCUT2D eigenvalue weighted by Crippen LogP contribution is -2.33. The molecule has 0 saturated carbocycles. The zero-order chi connectivity index (χ0) is 18.6. The van der Waals surface area contributed by atoms with Gasteiger partial charge in [-0.3, -0.25) is 9.78 Å². The number of rotatable bonds is 6. The number of para-hydroxylation sites is 1. The van der Waals surface area contributed by atoms with Crippen molar-refractivity contribution in [1.29, 1.82) is 0 Å². The Kier molecular flexibility index (Phi) is 5.29. The second-order valence-electron chi connectivity index (χ2n) is 5.75. The van der Waals surface area contributed by atoms with Crippen LogP contribution in [0.1, 0.15) is 12.5 Å². The number of carbonyl (C=O) groups is 1. The minimum Gasteiger partial charge on any atom is -0.323 e. The molecule has 26 heavy (non-hydrogen) atoms. The van der Waals surface area contributed by atoms with Crippen LogP contribution in [0.3, 0.4) is 0 Å². The second-order valence-corrected chi connectivity index (χ2v) is 7.52. The molecule has 0 bridgehead atoms. The molecule has 0 spiro atoms. The van der Waals surface area contributed by atoms with E-state index in [2.05, 4.69) is 15.0 Å². The minimum absolute atomic E-state index is 0.134. The number of aromatic nitrogens is 1. The molecule has 0 radical (unpaired) electrons. The molecule has 0 aliphatic rings. The van der Waals surface area contributed by atoms with Crippen LogP contribution in [0.5, 0.6) is 0 Å². The third-order valence-corrected chi connectivity index (χ3v) is 5.39. The SMILES string of the molecule is CCc1ccc(S(=O)(=O)NCC(=O)Nc2cccc3cccnc23)cc1. The van der Waals surface area contributed by atoms with E-state index >= 15 is 0 Å². The number of nitrogens with zero attached hydrogens (tertiary/aromatic N) is 1. The number of sulfonamides is 1. The predicted octanol–water partition coefficient (Wildman–Crippen LogP) is 2.71. The summed E-state index contributed by atoms with van der Waals surface area (Å²) < 4.78 is 26.9. The standard InChI is InChI=1S/C19H19N3O3S/c1-2-14-8-10-16(11-9-14)26(24,25)21-13-18(23)22-17-7-3-5-15-6-4-12-20-19(15)17/h3-12,21H,2,13H2,1H3,(H,22,23). The lowest BCUT2D eigenvalue weighted by Gasteiger charge is -2.10. The van der Waals surface area contributed by atoms with Crippen molar-refractivity contribution in [3.8, 4) is 0 Å². The maximum atomic E-state index is 12.3. The number of pyridine rings is 1. The van der Waals surface area contributed by atoms with Crippen molar-refractivity contribution in [3.63, 3.8) is 0 Å². The normalized spacial score (nSPS) is 11.4. The average molecular weight is 369 g/mol. The Labute approximate surface area is 152 Å². The van der Waals surface area contributed by atoms with Crippen molar-refractivity contribution in [1.82, 2.24) is 9.71 Å². The molecule has 3 rings (SSSR count). The summed E-state index contributed by atoms with van der Waals surface area (Å²) in [6.07, 6.45) is 2.47. The largest absolute Gasteiger partial charge is 0.323 e. The summed E-state index contributed by atoms with van der Waals surface area (Å²) >= 11 is 0. The molecule has 1 heterocycles. The Morgan fingerprint density at radius 3 is 2.50 bits per heavy atom. The molecule has 7 heteroatoms. The second kappa shape index (κ2) is 7.63. The molecular weight excluding hydrogens is 350 g/mol. The van der Waals surface area contributed by atoms with Crippen LogP contribution in [0.4, 0.5) is 5.69 Å². The van der Waals surface area contributed by atoms with E-state index < -0.39 is 15.9 Å². The third kappa shape index (κ3) is 4.07. The van der Waals surface area contributed by atoms with Gasteiger partial charge in [0.15, 0.2) is 0 Å². The first-order chi connectivity index (χ1) is 12.5. The zero-order valence-electron chi connectivity index (χ0n) is 14.3. The molecule has 0 aliphatic heterocycles. The number of hydrogen-bond acceptors (Lipinski definition) is 4. The molecule has 6 nitrogen and oxygen atoms in total. The van der Waals surface area contributed by atoms with Crippen LogP contribution in [0.15, 0.2) is 65.7 Å². The van der Waals surface area contributed by atoms with Crippen molar-refractivity contribution in [3.05, 3.63) is 66.4 Å². The van der Waals surface area contributed by atoms with Gasteiger partial charge >= 0.3 is 0 Å². The highest BCUT2D eigenvalue weighted by atomic mass is 32.2. The summed E-state index contributed by atoms with van der Waals surface area (Å²) in [5.74, 6) is -0.461. The van der Waals surface area contributed by atoms with Crippen LogP contribution in [0.2, 0.25) is 0 Å². The van der Waals surface area contributed by atoms with E-state index in [0.717, 1.165) is 17.4 Å². The van der Waals surface area contributed by atoms with Crippen molar-refractivity contribution in [2.24, 2.45) is 0 Å². The predicted molar refractivity (Wildman–Crippen MR) is 101 cm³/mol. The fraction of sp³-hybridized carbons (Fsp3) is 0.158. The van der Waals surface area contributed by atoms with Gasteiger partial charge in [0.1, 0.15) is 0 Å². The van der Waals surface area contributed by atoms with E-state index in [1.165, 1.54) is 12.1 Å². The molecule has 1 amide bonds. The molecule has 2 N–H and O–H groups in total. The van der Waals surface area contributed by atoms with Crippen molar-refractivity contribution < 1.29 is 13.2 Å². The number of benzene rings is 2. The number of amides is 1. The maximum Gasteiger partial charge on any atom is 0.241 e. The highest BCUT2D eigenvalue weighted by molar-refractivity contribution is 7.89. The van der Waals surface area contributed by atoms with Crippen LogP contribution >= 0.6 is 0 Å². The van der Waals surface area contributed by atoms with Gasteiger partial charge in [-0.1, -0.05) is 37.3 Å². The molecule has 1 aromatic heterocycles. The fourth-order valence-corrected chi connectivity index (χ4v) is 3.53. The molecule has 3 aromatic rings. The van der Waals surface area contributed by atoms with Crippen LogP contribution in [-0.4, -0.2) is 25.9 Å². The molecule has 0 atom stereocenters. The summed E-state index contributed by atoms with van der Waals surface area (Å²) in [5, 5.41) is 3.59. The van der Waals surface area contributed by atoms with E-state index in [1.54, 1.807) is 30.5 Å². The molecular formula is C19H19N3O3S. The summed E-state index contributed by atoms with van der Waals surface area (Å²) in [5.41, 5.74) is 2.24. The van der Waals surface area contributed by atoms with Gasteiger partial charge in [0, 0.05) is 11.6 Å². The van der Waals surface area contributed by atoms with Gasteiger partial charge in [0.25, 0.3) is 0 Å². The lowest BCUT2D eigenvalue weighted by atomic mass is 10.2. The topological polar surface area (TPSA) is 88.2 Å². The summed E-state index contributed by atoms with van der Waals surface area (Å²) in [7, 11) is -3.74. The van der Waals surface area contributed by atoms with Crippen LogP contribution in [0.25, 0.3) is 10.9 Å². The maximum absolute atomic E-state index is 12.3. The summed E-state index contributed by atoms with van der Waals surface area (Å²) in [6, 6.07) is 15.7. The average Bonchev–Trinajstić information content (AvgIpc) is 2.67. The van der Waals surface area contributed by atoms with Crippen LogP contribution in [0, 0.1) is 0 Å². The Morgan fingerprint density at radius 2 is 1.77 bits per heavy atom. The molecule has 0 unspecified atom stereocenters. The Hall–Kier alpha value is -2.77. The first-order valence-electron chi connectivity index (χ1n) is 8.22. The number of hydrogen-bond donors (Lipinski definition) is 2. The van der Waals surface area contributed by atoms with Gasteiger partial charge < -0.3 is 5.32 Å². The molecule has 0 fully saturated rings. The van der Waals surface area contributed by atoms with Crippen LogP contribution < -0.4 is 10.0 Å². The zero-order valence-corrected chi connectivity index (χ0v) is 15.1. The van der Waals surface area contributed by atoms with Gasteiger partial charge in [-0.2, -0.15) is 0 Å². The van der Waals surface area contributed by atoms with Crippen molar-refractivity contribution >= 4 is 32.5 Å². The van der Waals surface area contributed by atoms with E-state index in [4.69, 9.17) is 0 Å². The number of fused-ring (bicyclic) bond motifs is 1. The minimum atomic E-state index is -3.74. The molecule has 0 saturated heterocycles. The van der Waals surface area contributed by atoms with E-state index in [9.17, 15) is 13.2 Å². The van der Waals surface area contributed by atoms with Crippen molar-refractivity contribution in [2.45, 2.75) is 18.2 Å². The van der Waals surface area contributed by atoms with E-state index in [0.29, 0.717) is 11.2 Å². The first kappa shape index (κ1) is 18.0. The quantitative estimate of drug-likeness (QED) is 0.699. The van der Waals surface area contributed by atoms with Gasteiger partial charge in [-0.15, -0.1) is 0 Å². The number of carbonyl (C=O) groups excluding carboxylic acids is 1. The van der Waals surface area contributed by atoms with Crippen LogP contribution in [-0.2, 0) is 21.2 Å². The molecule has 134 valence electrons.